The molecule has 0 radical (unpaired) electrons. The van der Waals surface area contributed by atoms with Crippen LogP contribution in [0.4, 0.5) is 0 Å². The Morgan fingerprint density at radius 1 is 1.41 bits per heavy atom. The van der Waals surface area contributed by atoms with Gasteiger partial charge < -0.3 is 25.6 Å². The van der Waals surface area contributed by atoms with E-state index in [0.717, 1.165) is 12.8 Å². The highest BCUT2D eigenvalue weighted by molar-refractivity contribution is 5.96. The number of carbonyl (C=O) groups is 2. The predicted molar refractivity (Wildman–Crippen MR) is 97.1 cm³/mol. The minimum atomic E-state index is -1.14. The summed E-state index contributed by atoms with van der Waals surface area (Å²) in [5.41, 5.74) is 4.87. The maximum atomic E-state index is 12.6. The molecule has 4 N–H and O–H groups in total. The van der Waals surface area contributed by atoms with Crippen molar-refractivity contribution in [2.24, 2.45) is 17.6 Å². The number of nitrogens with two attached hydrogens (primary N) is 1. The van der Waals surface area contributed by atoms with E-state index in [-0.39, 0.29) is 30.7 Å². The smallest absolute Gasteiger partial charge is 0.270 e. The molecule has 0 aromatic carbocycles. The van der Waals surface area contributed by atoms with Crippen LogP contribution in [0, 0.1) is 11.8 Å². The fraction of sp³-hybridized carbons (Fsp3) is 0.632. The molecule has 3 rings (SSSR count). The lowest BCUT2D eigenvalue weighted by atomic mass is 9.92. The van der Waals surface area contributed by atoms with Gasteiger partial charge in [0.1, 0.15) is 17.3 Å². The first-order valence-corrected chi connectivity index (χ1v) is 9.33. The molecule has 1 saturated carbocycles. The van der Waals surface area contributed by atoms with Gasteiger partial charge in [0.15, 0.2) is 0 Å². The first-order chi connectivity index (χ1) is 12.8. The van der Waals surface area contributed by atoms with Crippen molar-refractivity contribution >= 4 is 11.8 Å². The zero-order valence-corrected chi connectivity index (χ0v) is 15.7. The Balaban J connectivity index is 1.78. The third-order valence-corrected chi connectivity index (χ3v) is 4.78. The SMILES string of the molecule is CC(C)C[C@H](NC(=O)c1ccc(C2(O)COC2)c(OCC2CC2)n1)C(N)=O. The normalized spacial score (nSPS) is 19.3. The molecule has 1 aromatic heterocycles. The van der Waals surface area contributed by atoms with E-state index in [1.54, 1.807) is 6.07 Å². The molecule has 0 unspecified atom stereocenters. The van der Waals surface area contributed by atoms with Crippen LogP contribution in [-0.4, -0.2) is 47.8 Å². The molecule has 1 saturated heterocycles. The number of ether oxygens (including phenoxy) is 2. The van der Waals surface area contributed by atoms with Crippen LogP contribution in [0.25, 0.3) is 0 Å². The van der Waals surface area contributed by atoms with Crippen molar-refractivity contribution in [2.75, 3.05) is 19.8 Å². The number of aromatic nitrogens is 1. The number of primary amides is 1. The first-order valence-electron chi connectivity index (χ1n) is 9.33. The minimum absolute atomic E-state index is 0.114. The third-order valence-electron chi connectivity index (χ3n) is 4.78. The third kappa shape index (κ3) is 4.75. The van der Waals surface area contributed by atoms with Gasteiger partial charge in [0.2, 0.25) is 11.8 Å². The summed E-state index contributed by atoms with van der Waals surface area (Å²) < 4.78 is 10.9. The molecule has 1 atom stereocenters. The van der Waals surface area contributed by atoms with Crippen LogP contribution < -0.4 is 15.8 Å². The van der Waals surface area contributed by atoms with Crippen molar-refractivity contribution in [3.05, 3.63) is 23.4 Å². The lowest BCUT2D eigenvalue weighted by Gasteiger charge is -2.37. The number of amides is 2. The molecule has 0 spiro atoms. The molecule has 148 valence electrons. The number of nitrogens with zero attached hydrogens (tertiary/aromatic N) is 1. The first kappa shape index (κ1) is 19.6. The topological polar surface area (TPSA) is 124 Å². The van der Waals surface area contributed by atoms with Crippen molar-refractivity contribution in [3.8, 4) is 5.88 Å². The predicted octanol–water partition coefficient (Wildman–Crippen LogP) is 0.718. The highest BCUT2D eigenvalue weighted by Crippen LogP contribution is 2.36. The molecule has 2 fully saturated rings. The Labute approximate surface area is 158 Å². The number of rotatable bonds is 9. The second-order valence-corrected chi connectivity index (χ2v) is 7.89. The number of hydrogen-bond donors (Lipinski definition) is 3. The fourth-order valence-corrected chi connectivity index (χ4v) is 2.91. The highest BCUT2D eigenvalue weighted by atomic mass is 16.5. The van der Waals surface area contributed by atoms with Crippen molar-refractivity contribution < 1.29 is 24.2 Å². The van der Waals surface area contributed by atoms with Gasteiger partial charge in [-0.15, -0.1) is 0 Å². The molecule has 8 nitrogen and oxygen atoms in total. The second-order valence-electron chi connectivity index (χ2n) is 7.89. The number of pyridine rings is 1. The summed E-state index contributed by atoms with van der Waals surface area (Å²) in [5, 5.41) is 13.2. The van der Waals surface area contributed by atoms with Crippen LogP contribution >= 0.6 is 0 Å². The molecule has 2 aliphatic rings. The summed E-state index contributed by atoms with van der Waals surface area (Å²) in [6, 6.07) is 2.38. The van der Waals surface area contributed by atoms with Crippen LogP contribution in [0.15, 0.2) is 12.1 Å². The van der Waals surface area contributed by atoms with Crippen molar-refractivity contribution in [1.82, 2.24) is 10.3 Å². The van der Waals surface area contributed by atoms with Crippen LogP contribution in [0.3, 0.4) is 0 Å². The summed E-state index contributed by atoms with van der Waals surface area (Å²) in [6.45, 7) is 4.72. The van der Waals surface area contributed by atoms with Gasteiger partial charge in [0.05, 0.1) is 25.4 Å². The van der Waals surface area contributed by atoms with E-state index in [1.165, 1.54) is 6.07 Å². The van der Waals surface area contributed by atoms with Crippen LogP contribution in [0.1, 0.15) is 49.2 Å². The van der Waals surface area contributed by atoms with Crippen LogP contribution in [0.2, 0.25) is 0 Å². The number of aliphatic hydroxyl groups is 1. The molecule has 0 bridgehead atoms. The summed E-state index contributed by atoms with van der Waals surface area (Å²) >= 11 is 0. The van der Waals surface area contributed by atoms with E-state index >= 15 is 0 Å². The molecule has 1 aromatic rings. The Hall–Kier alpha value is -2.19. The molecule has 27 heavy (non-hydrogen) atoms. The van der Waals surface area contributed by atoms with Gasteiger partial charge in [-0.1, -0.05) is 13.8 Å². The zero-order valence-electron chi connectivity index (χ0n) is 15.7. The molecular formula is C19H27N3O5. The standard InChI is InChI=1S/C19H27N3O5/c1-11(2)7-15(16(20)23)21-17(24)14-6-5-13(19(25)9-26-10-19)18(22-14)27-8-12-3-4-12/h5-6,11-12,15,25H,3-4,7-10H2,1-2H3,(H2,20,23)(H,21,24)/t15-/m0/s1. The zero-order chi connectivity index (χ0) is 19.6. The Morgan fingerprint density at radius 2 is 2.11 bits per heavy atom. The largest absolute Gasteiger partial charge is 0.477 e. The van der Waals surface area contributed by atoms with Gasteiger partial charge in [-0.2, -0.15) is 0 Å². The monoisotopic (exact) mass is 377 g/mol. The van der Waals surface area contributed by atoms with Crippen LogP contribution in [-0.2, 0) is 15.1 Å². The van der Waals surface area contributed by atoms with E-state index in [1.807, 2.05) is 13.8 Å². The second kappa shape index (κ2) is 7.82. The molecular weight excluding hydrogens is 350 g/mol. The maximum absolute atomic E-state index is 12.6. The summed E-state index contributed by atoms with van der Waals surface area (Å²) in [5.74, 6) is -0.156. The van der Waals surface area contributed by atoms with Gasteiger partial charge in [-0.25, -0.2) is 4.98 Å². The molecule has 2 amide bonds. The minimum Gasteiger partial charge on any atom is -0.477 e. The van der Waals surface area contributed by atoms with E-state index in [9.17, 15) is 14.7 Å². The maximum Gasteiger partial charge on any atom is 0.270 e. The van der Waals surface area contributed by atoms with Gasteiger partial charge in [0.25, 0.3) is 5.91 Å². The Morgan fingerprint density at radius 3 is 2.63 bits per heavy atom. The number of carbonyl (C=O) groups excluding carboxylic acids is 2. The summed E-state index contributed by atoms with van der Waals surface area (Å²) in [4.78, 5) is 28.5. The average molecular weight is 377 g/mol. The van der Waals surface area contributed by atoms with Crippen LogP contribution in [0.5, 0.6) is 5.88 Å². The quantitative estimate of drug-likeness (QED) is 0.582. The lowest BCUT2D eigenvalue weighted by Crippen LogP contribution is -2.47. The molecule has 2 heterocycles. The van der Waals surface area contributed by atoms with E-state index in [0.29, 0.717) is 24.5 Å². The van der Waals surface area contributed by atoms with Gasteiger partial charge >= 0.3 is 0 Å². The van der Waals surface area contributed by atoms with E-state index in [4.69, 9.17) is 15.2 Å². The Kier molecular flexibility index (Phi) is 5.67. The van der Waals surface area contributed by atoms with Gasteiger partial charge in [0, 0.05) is 0 Å². The van der Waals surface area contributed by atoms with Gasteiger partial charge in [-0.3, -0.25) is 9.59 Å². The van der Waals surface area contributed by atoms with Crippen molar-refractivity contribution in [2.45, 2.75) is 44.8 Å². The number of hydrogen-bond acceptors (Lipinski definition) is 6. The lowest BCUT2D eigenvalue weighted by molar-refractivity contribution is -0.185. The van der Waals surface area contributed by atoms with Crippen molar-refractivity contribution in [1.29, 1.82) is 0 Å². The summed E-state index contributed by atoms with van der Waals surface area (Å²) in [6.07, 6.45) is 2.66. The van der Waals surface area contributed by atoms with E-state index in [2.05, 4.69) is 10.3 Å². The number of nitrogens with one attached hydrogen (secondary N) is 1. The fourth-order valence-electron chi connectivity index (χ4n) is 2.91. The molecule has 1 aliphatic heterocycles. The average Bonchev–Trinajstić information content (AvgIpc) is 3.41. The Bertz CT molecular complexity index is 713. The highest BCUT2D eigenvalue weighted by Gasteiger charge is 2.41. The molecule has 1 aliphatic carbocycles. The van der Waals surface area contributed by atoms with Crippen molar-refractivity contribution in [3.63, 3.8) is 0 Å². The van der Waals surface area contributed by atoms with E-state index < -0.39 is 23.5 Å². The summed E-state index contributed by atoms with van der Waals surface area (Å²) in [7, 11) is 0. The molecule has 8 heteroatoms. The van der Waals surface area contributed by atoms with Gasteiger partial charge in [-0.05, 0) is 43.2 Å².